The van der Waals surface area contributed by atoms with Crippen molar-refractivity contribution in [3.05, 3.63) is 34.6 Å². The Bertz CT molecular complexity index is 536. The number of primary amides is 1. The molecule has 0 spiro atoms. The van der Waals surface area contributed by atoms with E-state index in [1.807, 2.05) is 0 Å². The molecule has 6 heteroatoms. The lowest BCUT2D eigenvalue weighted by Crippen LogP contribution is -2.47. The Labute approximate surface area is 121 Å². The lowest BCUT2D eigenvalue weighted by atomic mass is 9.84. The number of amides is 2. The lowest BCUT2D eigenvalue weighted by Gasteiger charge is -2.30. The zero-order valence-electron chi connectivity index (χ0n) is 10.9. The number of carbonyl (C=O) groups excluding carboxylic acids is 2. The molecule has 0 aliphatic heterocycles. The van der Waals surface area contributed by atoms with Crippen molar-refractivity contribution in [2.45, 2.75) is 31.7 Å². The molecule has 2 atom stereocenters. The van der Waals surface area contributed by atoms with Crippen molar-refractivity contribution in [1.29, 1.82) is 0 Å². The van der Waals surface area contributed by atoms with Gasteiger partial charge in [0.25, 0.3) is 5.91 Å². The Morgan fingerprint density at radius 2 is 2.00 bits per heavy atom. The quantitative estimate of drug-likeness (QED) is 0.898. The third-order valence-electron chi connectivity index (χ3n) is 3.63. The summed E-state index contributed by atoms with van der Waals surface area (Å²) in [7, 11) is 0. The van der Waals surface area contributed by atoms with E-state index in [4.69, 9.17) is 17.3 Å². The minimum atomic E-state index is -0.573. The van der Waals surface area contributed by atoms with Crippen molar-refractivity contribution < 1.29 is 14.0 Å². The highest BCUT2D eigenvalue weighted by molar-refractivity contribution is 6.31. The third kappa shape index (κ3) is 3.28. The van der Waals surface area contributed by atoms with E-state index in [-0.39, 0.29) is 28.5 Å². The smallest absolute Gasteiger partial charge is 0.251 e. The molecular formula is C14H16ClFN2O2. The molecule has 0 heterocycles. The van der Waals surface area contributed by atoms with Crippen molar-refractivity contribution in [1.82, 2.24) is 5.32 Å². The second kappa shape index (κ2) is 6.22. The number of rotatable bonds is 3. The average Bonchev–Trinajstić information content (AvgIpc) is 2.42. The van der Waals surface area contributed by atoms with Gasteiger partial charge in [-0.05, 0) is 31.0 Å². The van der Waals surface area contributed by atoms with Crippen LogP contribution >= 0.6 is 11.6 Å². The summed E-state index contributed by atoms with van der Waals surface area (Å²) in [6.45, 7) is 0. The van der Waals surface area contributed by atoms with E-state index in [0.717, 1.165) is 18.9 Å². The van der Waals surface area contributed by atoms with E-state index in [1.54, 1.807) is 0 Å². The second-order valence-corrected chi connectivity index (χ2v) is 5.41. The molecule has 1 aromatic rings. The Morgan fingerprint density at radius 3 is 2.65 bits per heavy atom. The van der Waals surface area contributed by atoms with Crippen molar-refractivity contribution in [2.75, 3.05) is 0 Å². The van der Waals surface area contributed by atoms with Crippen LogP contribution in [0.2, 0.25) is 5.02 Å². The molecule has 1 aliphatic carbocycles. The second-order valence-electron chi connectivity index (χ2n) is 5.00. The Morgan fingerprint density at radius 1 is 1.30 bits per heavy atom. The van der Waals surface area contributed by atoms with E-state index in [1.165, 1.54) is 12.1 Å². The first-order chi connectivity index (χ1) is 9.49. The normalized spacial score (nSPS) is 22.3. The van der Waals surface area contributed by atoms with Crippen LogP contribution in [0.15, 0.2) is 18.2 Å². The maximum atomic E-state index is 13.1. The van der Waals surface area contributed by atoms with Gasteiger partial charge in [0, 0.05) is 11.6 Å². The largest absolute Gasteiger partial charge is 0.369 e. The van der Waals surface area contributed by atoms with E-state index in [0.29, 0.717) is 12.8 Å². The van der Waals surface area contributed by atoms with Gasteiger partial charge in [-0.2, -0.15) is 0 Å². The van der Waals surface area contributed by atoms with Gasteiger partial charge < -0.3 is 11.1 Å². The first-order valence-corrected chi connectivity index (χ1v) is 6.92. The fourth-order valence-electron chi connectivity index (χ4n) is 2.53. The molecule has 0 radical (unpaired) electrons. The van der Waals surface area contributed by atoms with E-state index < -0.39 is 11.7 Å². The van der Waals surface area contributed by atoms with Crippen LogP contribution < -0.4 is 11.1 Å². The molecule has 4 nitrogen and oxygen atoms in total. The molecule has 2 rings (SSSR count). The number of nitrogens with two attached hydrogens (primary N) is 1. The van der Waals surface area contributed by atoms with Gasteiger partial charge in [-0.1, -0.05) is 24.4 Å². The minimum Gasteiger partial charge on any atom is -0.369 e. The van der Waals surface area contributed by atoms with Crippen LogP contribution in [0, 0.1) is 11.7 Å². The van der Waals surface area contributed by atoms with Crippen LogP contribution in [0.25, 0.3) is 0 Å². The molecule has 108 valence electrons. The summed E-state index contributed by atoms with van der Waals surface area (Å²) >= 11 is 5.65. The molecule has 1 saturated carbocycles. The first-order valence-electron chi connectivity index (χ1n) is 6.54. The van der Waals surface area contributed by atoms with Gasteiger partial charge in [-0.15, -0.1) is 0 Å². The molecular weight excluding hydrogens is 283 g/mol. The molecule has 0 aromatic heterocycles. The number of halogens is 2. The summed E-state index contributed by atoms with van der Waals surface area (Å²) < 4.78 is 13.1. The minimum absolute atomic E-state index is 0.104. The van der Waals surface area contributed by atoms with Crippen molar-refractivity contribution in [2.24, 2.45) is 11.7 Å². The third-order valence-corrected chi connectivity index (χ3v) is 3.92. The number of nitrogens with one attached hydrogen (secondary N) is 1. The van der Waals surface area contributed by atoms with Crippen molar-refractivity contribution >= 4 is 23.4 Å². The summed E-state index contributed by atoms with van der Waals surface area (Å²) in [5, 5.41) is 2.69. The number of hydrogen-bond acceptors (Lipinski definition) is 2. The molecule has 0 saturated heterocycles. The van der Waals surface area contributed by atoms with Gasteiger partial charge in [0.15, 0.2) is 0 Å². The summed E-state index contributed by atoms with van der Waals surface area (Å²) in [6.07, 6.45) is 3.28. The molecule has 0 bridgehead atoms. The van der Waals surface area contributed by atoms with Crippen LogP contribution in [-0.2, 0) is 4.79 Å². The Hall–Kier alpha value is -1.62. The van der Waals surface area contributed by atoms with Crippen LogP contribution in [0.3, 0.4) is 0 Å². The first kappa shape index (κ1) is 14.8. The Kier molecular flexibility index (Phi) is 4.60. The number of carbonyl (C=O) groups is 2. The predicted octanol–water partition coefficient (Wildman–Crippen LogP) is 2.25. The van der Waals surface area contributed by atoms with E-state index in [2.05, 4.69) is 5.32 Å². The summed E-state index contributed by atoms with van der Waals surface area (Å²) in [5.41, 5.74) is 5.62. The van der Waals surface area contributed by atoms with Gasteiger partial charge in [-0.3, -0.25) is 9.59 Å². The fourth-order valence-corrected chi connectivity index (χ4v) is 2.71. The zero-order valence-corrected chi connectivity index (χ0v) is 11.6. The topological polar surface area (TPSA) is 72.2 Å². The summed E-state index contributed by atoms with van der Waals surface area (Å²) in [5.74, 6) is -1.68. The van der Waals surface area contributed by atoms with Crippen LogP contribution in [0.4, 0.5) is 4.39 Å². The monoisotopic (exact) mass is 298 g/mol. The maximum absolute atomic E-state index is 13.1. The zero-order chi connectivity index (χ0) is 14.7. The summed E-state index contributed by atoms with van der Waals surface area (Å²) in [6, 6.07) is 3.51. The molecule has 1 aromatic carbocycles. The van der Waals surface area contributed by atoms with Crippen LogP contribution in [0.1, 0.15) is 36.0 Å². The predicted molar refractivity (Wildman–Crippen MR) is 73.8 cm³/mol. The lowest BCUT2D eigenvalue weighted by molar-refractivity contribution is -0.123. The highest BCUT2D eigenvalue weighted by atomic mass is 35.5. The molecule has 1 aliphatic rings. The molecule has 20 heavy (non-hydrogen) atoms. The number of benzene rings is 1. The van der Waals surface area contributed by atoms with Gasteiger partial charge in [0.1, 0.15) is 5.82 Å². The van der Waals surface area contributed by atoms with Crippen LogP contribution in [-0.4, -0.2) is 17.9 Å². The standard InChI is InChI=1S/C14H16ClFN2O2/c15-10-7-8(5-6-11(10)16)14(20)18-12-4-2-1-3-9(12)13(17)19/h5-7,9,12H,1-4H2,(H2,17,19)(H,18,20)/t9-,12-/m1/s1. The molecule has 2 amide bonds. The van der Waals surface area contributed by atoms with Gasteiger partial charge in [0.2, 0.25) is 5.91 Å². The molecule has 3 N–H and O–H groups in total. The fraction of sp³-hybridized carbons (Fsp3) is 0.429. The van der Waals surface area contributed by atoms with E-state index in [9.17, 15) is 14.0 Å². The van der Waals surface area contributed by atoms with Gasteiger partial charge in [0.05, 0.1) is 10.9 Å². The SMILES string of the molecule is NC(=O)[C@@H]1CCCC[C@H]1NC(=O)c1ccc(F)c(Cl)c1. The molecule has 1 fully saturated rings. The average molecular weight is 299 g/mol. The van der Waals surface area contributed by atoms with Crippen molar-refractivity contribution in [3.63, 3.8) is 0 Å². The van der Waals surface area contributed by atoms with Gasteiger partial charge >= 0.3 is 0 Å². The van der Waals surface area contributed by atoms with E-state index >= 15 is 0 Å². The van der Waals surface area contributed by atoms with Crippen LogP contribution in [0.5, 0.6) is 0 Å². The van der Waals surface area contributed by atoms with Crippen molar-refractivity contribution in [3.8, 4) is 0 Å². The highest BCUT2D eigenvalue weighted by Gasteiger charge is 2.30. The summed E-state index contributed by atoms with van der Waals surface area (Å²) in [4.78, 5) is 23.5. The molecule has 0 unspecified atom stereocenters. The maximum Gasteiger partial charge on any atom is 0.251 e. The number of hydrogen-bond donors (Lipinski definition) is 2. The van der Waals surface area contributed by atoms with Gasteiger partial charge in [-0.25, -0.2) is 4.39 Å². The highest BCUT2D eigenvalue weighted by Crippen LogP contribution is 2.25. The Balaban J connectivity index is 2.09.